The van der Waals surface area contributed by atoms with Gasteiger partial charge in [0, 0.05) is 10.4 Å². The van der Waals surface area contributed by atoms with Gasteiger partial charge in [-0.15, -0.1) is 11.3 Å². The van der Waals surface area contributed by atoms with Crippen molar-refractivity contribution >= 4 is 34.2 Å². The maximum Gasteiger partial charge on any atom is 0.262 e. The molecule has 2 heterocycles. The van der Waals surface area contributed by atoms with Gasteiger partial charge in [-0.1, -0.05) is 24.3 Å². The molecule has 0 saturated carbocycles. The number of thiazole rings is 1. The smallest absolute Gasteiger partial charge is 0.262 e. The van der Waals surface area contributed by atoms with E-state index in [0.717, 1.165) is 33.9 Å². The molecule has 5 rings (SSSR count). The van der Waals surface area contributed by atoms with Crippen LogP contribution in [0.4, 0.5) is 5.13 Å². The van der Waals surface area contributed by atoms with E-state index in [1.165, 1.54) is 28.9 Å². The standard InChI is InChI=1S/C23H19N3O3S/c1-13-20(16-10-9-14-5-4-6-15(14)11-16)25-23(30-13)24-19(27)12-26-21(28)17-7-2-3-8-18(17)22(26)29/h2-3,7-11H,4-6,12H2,1H3,(H,24,25,27). The zero-order valence-corrected chi connectivity index (χ0v) is 17.2. The molecule has 1 aromatic heterocycles. The molecule has 2 aliphatic rings. The van der Waals surface area contributed by atoms with Crippen LogP contribution in [0, 0.1) is 6.92 Å². The van der Waals surface area contributed by atoms with Gasteiger partial charge < -0.3 is 5.32 Å². The number of nitrogens with one attached hydrogen (secondary N) is 1. The molecule has 6 nitrogen and oxygen atoms in total. The number of fused-ring (bicyclic) bond motifs is 2. The number of hydrogen-bond acceptors (Lipinski definition) is 5. The molecule has 1 aliphatic carbocycles. The Kier molecular flexibility index (Phi) is 4.47. The number of anilines is 1. The number of aryl methyl sites for hydroxylation is 3. The van der Waals surface area contributed by atoms with Gasteiger partial charge in [0.15, 0.2) is 5.13 Å². The third-order valence-electron chi connectivity index (χ3n) is 5.59. The van der Waals surface area contributed by atoms with Crippen molar-refractivity contribution in [2.75, 3.05) is 11.9 Å². The second kappa shape index (κ2) is 7.18. The molecule has 0 bridgehead atoms. The zero-order valence-electron chi connectivity index (χ0n) is 16.4. The molecule has 0 saturated heterocycles. The highest BCUT2D eigenvalue weighted by Gasteiger charge is 2.36. The summed E-state index contributed by atoms with van der Waals surface area (Å²) in [5.41, 5.74) is 5.34. The minimum Gasteiger partial charge on any atom is -0.300 e. The normalized spacial score (nSPS) is 14.8. The summed E-state index contributed by atoms with van der Waals surface area (Å²) in [6, 6.07) is 13.0. The van der Waals surface area contributed by atoms with Crippen LogP contribution in [0.25, 0.3) is 11.3 Å². The number of imide groups is 1. The van der Waals surface area contributed by atoms with Crippen molar-refractivity contribution in [1.29, 1.82) is 0 Å². The van der Waals surface area contributed by atoms with Crippen LogP contribution in [-0.2, 0) is 17.6 Å². The number of benzene rings is 2. The van der Waals surface area contributed by atoms with Crippen LogP contribution < -0.4 is 5.32 Å². The van der Waals surface area contributed by atoms with Crippen molar-refractivity contribution in [3.63, 3.8) is 0 Å². The van der Waals surface area contributed by atoms with Gasteiger partial charge in [0.25, 0.3) is 11.8 Å². The van der Waals surface area contributed by atoms with Gasteiger partial charge in [0.1, 0.15) is 6.54 Å². The number of amides is 3. The fraction of sp³-hybridized carbons (Fsp3) is 0.217. The first-order valence-corrected chi connectivity index (χ1v) is 10.7. The summed E-state index contributed by atoms with van der Waals surface area (Å²) in [7, 11) is 0. The highest BCUT2D eigenvalue weighted by Crippen LogP contribution is 2.33. The van der Waals surface area contributed by atoms with Crippen molar-refractivity contribution in [3.05, 3.63) is 69.6 Å². The maximum atomic E-state index is 12.5. The third kappa shape index (κ3) is 3.11. The minimum atomic E-state index is -0.446. The number of carbonyl (C=O) groups is 3. The van der Waals surface area contributed by atoms with E-state index in [2.05, 4.69) is 28.5 Å². The van der Waals surface area contributed by atoms with Crippen LogP contribution in [0.15, 0.2) is 42.5 Å². The first kappa shape index (κ1) is 18.7. The lowest BCUT2D eigenvalue weighted by molar-refractivity contribution is -0.116. The van der Waals surface area contributed by atoms with E-state index in [0.29, 0.717) is 16.3 Å². The molecule has 0 spiro atoms. The lowest BCUT2D eigenvalue weighted by Crippen LogP contribution is -2.37. The van der Waals surface area contributed by atoms with E-state index in [9.17, 15) is 14.4 Å². The third-order valence-corrected chi connectivity index (χ3v) is 6.48. The Morgan fingerprint density at radius 1 is 1.07 bits per heavy atom. The Labute approximate surface area is 177 Å². The molecule has 30 heavy (non-hydrogen) atoms. The number of hydrogen-bond donors (Lipinski definition) is 1. The molecule has 0 fully saturated rings. The summed E-state index contributed by atoms with van der Waals surface area (Å²) in [6.07, 6.45) is 3.41. The Bertz CT molecular complexity index is 1180. The molecule has 0 atom stereocenters. The average molecular weight is 417 g/mol. The molecule has 1 N–H and O–H groups in total. The largest absolute Gasteiger partial charge is 0.300 e. The predicted octanol–water partition coefficient (Wildman–Crippen LogP) is 3.84. The van der Waals surface area contributed by atoms with Gasteiger partial charge >= 0.3 is 0 Å². The molecule has 3 amide bonds. The number of nitrogens with zero attached hydrogens (tertiary/aromatic N) is 2. The molecule has 1 aliphatic heterocycles. The van der Waals surface area contributed by atoms with Crippen molar-refractivity contribution in [2.24, 2.45) is 0 Å². The first-order chi connectivity index (χ1) is 14.5. The lowest BCUT2D eigenvalue weighted by Gasteiger charge is -2.12. The fourth-order valence-electron chi connectivity index (χ4n) is 4.12. The van der Waals surface area contributed by atoms with Crippen molar-refractivity contribution in [2.45, 2.75) is 26.2 Å². The predicted molar refractivity (Wildman–Crippen MR) is 115 cm³/mol. The zero-order chi connectivity index (χ0) is 20.8. The SMILES string of the molecule is Cc1sc(NC(=O)CN2C(=O)c3ccccc3C2=O)nc1-c1ccc2c(c1)CCC2. The number of aromatic nitrogens is 1. The molecule has 7 heteroatoms. The minimum absolute atomic E-state index is 0.333. The summed E-state index contributed by atoms with van der Waals surface area (Å²) in [5.74, 6) is -1.33. The fourth-order valence-corrected chi connectivity index (χ4v) is 4.97. The summed E-state index contributed by atoms with van der Waals surface area (Å²) >= 11 is 1.39. The van der Waals surface area contributed by atoms with E-state index in [-0.39, 0.29) is 6.54 Å². The van der Waals surface area contributed by atoms with Gasteiger partial charge in [-0.05, 0) is 55.5 Å². The highest BCUT2D eigenvalue weighted by atomic mass is 32.1. The monoisotopic (exact) mass is 417 g/mol. The molecule has 2 aromatic carbocycles. The second-order valence-electron chi connectivity index (χ2n) is 7.55. The van der Waals surface area contributed by atoms with Gasteiger partial charge in [-0.3, -0.25) is 19.3 Å². The maximum absolute atomic E-state index is 12.5. The van der Waals surface area contributed by atoms with Crippen LogP contribution in [0.2, 0.25) is 0 Å². The molecule has 0 radical (unpaired) electrons. The van der Waals surface area contributed by atoms with E-state index in [4.69, 9.17) is 0 Å². The number of carbonyl (C=O) groups excluding carboxylic acids is 3. The Morgan fingerprint density at radius 2 is 1.77 bits per heavy atom. The Balaban J connectivity index is 1.31. The summed E-state index contributed by atoms with van der Waals surface area (Å²) in [4.78, 5) is 44.0. The first-order valence-electron chi connectivity index (χ1n) is 9.86. The summed E-state index contributed by atoms with van der Waals surface area (Å²) < 4.78 is 0. The highest BCUT2D eigenvalue weighted by molar-refractivity contribution is 7.16. The number of rotatable bonds is 4. The van der Waals surface area contributed by atoms with Gasteiger partial charge in [0.05, 0.1) is 16.8 Å². The quantitative estimate of drug-likeness (QED) is 0.654. The summed E-state index contributed by atoms with van der Waals surface area (Å²) in [6.45, 7) is 1.64. The Hall–Kier alpha value is -3.32. The molecule has 3 aromatic rings. The van der Waals surface area contributed by atoms with Crippen LogP contribution >= 0.6 is 11.3 Å². The average Bonchev–Trinajstić information content (AvgIpc) is 3.41. The molecule has 0 unspecified atom stereocenters. The molecule has 150 valence electrons. The topological polar surface area (TPSA) is 79.4 Å². The van der Waals surface area contributed by atoms with Crippen LogP contribution in [0.1, 0.15) is 43.1 Å². The summed E-state index contributed by atoms with van der Waals surface area (Å²) in [5, 5.41) is 3.20. The van der Waals surface area contributed by atoms with E-state index < -0.39 is 17.7 Å². The van der Waals surface area contributed by atoms with Gasteiger partial charge in [0.2, 0.25) is 5.91 Å². The lowest BCUT2D eigenvalue weighted by atomic mass is 10.0. The van der Waals surface area contributed by atoms with Crippen molar-refractivity contribution in [1.82, 2.24) is 9.88 Å². The van der Waals surface area contributed by atoms with Gasteiger partial charge in [-0.2, -0.15) is 0 Å². The van der Waals surface area contributed by atoms with Crippen LogP contribution in [0.3, 0.4) is 0 Å². The van der Waals surface area contributed by atoms with E-state index >= 15 is 0 Å². The van der Waals surface area contributed by atoms with Crippen molar-refractivity contribution < 1.29 is 14.4 Å². The van der Waals surface area contributed by atoms with Gasteiger partial charge in [-0.25, -0.2) is 4.98 Å². The second-order valence-corrected chi connectivity index (χ2v) is 8.75. The van der Waals surface area contributed by atoms with Crippen LogP contribution in [0.5, 0.6) is 0 Å². The Morgan fingerprint density at radius 3 is 2.50 bits per heavy atom. The van der Waals surface area contributed by atoms with Crippen molar-refractivity contribution in [3.8, 4) is 11.3 Å². The molecular weight excluding hydrogens is 398 g/mol. The van der Waals surface area contributed by atoms with Crippen LogP contribution in [-0.4, -0.2) is 34.2 Å². The van der Waals surface area contributed by atoms with E-state index in [1.807, 2.05) is 6.92 Å². The molecular formula is C23H19N3O3S. The van der Waals surface area contributed by atoms with E-state index in [1.54, 1.807) is 24.3 Å².